The van der Waals surface area contributed by atoms with Crippen molar-refractivity contribution in [2.75, 3.05) is 0 Å². The van der Waals surface area contributed by atoms with Crippen LogP contribution in [0.3, 0.4) is 0 Å². The predicted molar refractivity (Wildman–Crippen MR) is 164 cm³/mol. The first-order valence-electron chi connectivity index (χ1n) is 12.6. The maximum Gasteiger partial charge on any atom is 0.116 e. The van der Waals surface area contributed by atoms with Crippen molar-refractivity contribution >= 4 is 63.1 Å². The van der Waals surface area contributed by atoms with Gasteiger partial charge < -0.3 is 0 Å². The average Bonchev–Trinajstić information content (AvgIpc) is 3.56. The Kier molecular flexibility index (Phi) is 4.90. The molecule has 0 radical (unpaired) electrons. The Morgan fingerprint density at radius 3 is 1.89 bits per heavy atom. The lowest BCUT2D eigenvalue weighted by Gasteiger charge is -2.09. The van der Waals surface area contributed by atoms with Gasteiger partial charge in [-0.05, 0) is 46.5 Å². The summed E-state index contributed by atoms with van der Waals surface area (Å²) in [5.41, 5.74) is 8.02. The Labute approximate surface area is 227 Å². The molecule has 4 heteroatoms. The third-order valence-corrected chi connectivity index (χ3v) is 9.59. The van der Waals surface area contributed by atoms with Crippen molar-refractivity contribution in [2.45, 2.75) is 0 Å². The minimum Gasteiger partial charge on any atom is -0.235 e. The highest BCUT2D eigenvalue weighted by Crippen LogP contribution is 2.41. The highest BCUT2D eigenvalue weighted by atomic mass is 32.1. The second kappa shape index (κ2) is 8.59. The van der Waals surface area contributed by atoms with Crippen LogP contribution in [-0.4, -0.2) is 9.97 Å². The molecule has 0 N–H and O–H groups in total. The van der Waals surface area contributed by atoms with E-state index in [2.05, 4.69) is 120 Å². The van der Waals surface area contributed by atoms with Gasteiger partial charge in [0.05, 0.1) is 15.9 Å². The van der Waals surface area contributed by atoms with E-state index in [1.165, 1.54) is 52.5 Å². The zero-order chi connectivity index (χ0) is 25.1. The summed E-state index contributed by atoms with van der Waals surface area (Å²) >= 11 is 3.64. The summed E-state index contributed by atoms with van der Waals surface area (Å²) in [5.74, 6) is 0. The van der Waals surface area contributed by atoms with E-state index in [-0.39, 0.29) is 0 Å². The van der Waals surface area contributed by atoms with Crippen LogP contribution in [0.15, 0.2) is 122 Å². The molecule has 0 amide bonds. The van der Waals surface area contributed by atoms with Gasteiger partial charge in [-0.15, -0.1) is 22.7 Å². The van der Waals surface area contributed by atoms with Crippen molar-refractivity contribution in [3.8, 4) is 33.5 Å². The van der Waals surface area contributed by atoms with Crippen LogP contribution >= 0.6 is 22.7 Å². The maximum atomic E-state index is 4.73. The normalized spacial score (nSPS) is 11.7. The zero-order valence-corrected chi connectivity index (χ0v) is 21.9. The van der Waals surface area contributed by atoms with Gasteiger partial charge >= 0.3 is 0 Å². The number of aromatic nitrogens is 2. The molecule has 0 atom stereocenters. The summed E-state index contributed by atoms with van der Waals surface area (Å²) in [4.78, 5) is 9.35. The molecule has 3 heterocycles. The fourth-order valence-electron chi connectivity index (χ4n) is 5.42. The predicted octanol–water partition coefficient (Wildman–Crippen LogP) is 10.2. The molecule has 0 saturated heterocycles. The molecule has 3 aromatic heterocycles. The number of hydrogen-bond acceptors (Lipinski definition) is 4. The Morgan fingerprint density at radius 1 is 0.447 bits per heavy atom. The lowest BCUT2D eigenvalue weighted by molar-refractivity contribution is 1.24. The van der Waals surface area contributed by atoms with E-state index in [0.717, 1.165) is 21.5 Å². The first-order chi connectivity index (χ1) is 18.8. The van der Waals surface area contributed by atoms with Gasteiger partial charge in [-0.1, -0.05) is 91.0 Å². The topological polar surface area (TPSA) is 25.8 Å². The Balaban J connectivity index is 1.25. The first kappa shape index (κ1) is 21.7. The molecule has 0 aliphatic rings. The van der Waals surface area contributed by atoms with Crippen molar-refractivity contribution in [3.05, 3.63) is 122 Å². The molecule has 5 aromatic carbocycles. The largest absolute Gasteiger partial charge is 0.235 e. The van der Waals surface area contributed by atoms with Gasteiger partial charge in [0.15, 0.2) is 0 Å². The second-order valence-corrected chi connectivity index (χ2v) is 11.5. The number of thiophene rings is 2. The third-order valence-electron chi connectivity index (χ3n) is 7.21. The van der Waals surface area contributed by atoms with Gasteiger partial charge in [0, 0.05) is 35.8 Å². The zero-order valence-electron chi connectivity index (χ0n) is 20.3. The SMILES string of the molecule is c1cc(-c2cccc(-c3ncnc4c3sc3ccccc34)c2)cc(-c2cccc3c2sc2ccccc23)c1. The summed E-state index contributed by atoms with van der Waals surface area (Å²) in [5, 5.41) is 3.85. The third kappa shape index (κ3) is 3.38. The molecule has 0 aliphatic heterocycles. The molecular formula is C34H20N2S2. The molecule has 8 rings (SSSR count). The van der Waals surface area contributed by atoms with Crippen molar-refractivity contribution in [2.24, 2.45) is 0 Å². The van der Waals surface area contributed by atoms with E-state index in [4.69, 9.17) is 4.98 Å². The first-order valence-corrected chi connectivity index (χ1v) is 14.2. The molecule has 2 nitrogen and oxygen atoms in total. The van der Waals surface area contributed by atoms with Crippen LogP contribution in [0, 0.1) is 0 Å². The van der Waals surface area contributed by atoms with Crippen LogP contribution in [0.2, 0.25) is 0 Å². The average molecular weight is 521 g/mol. The Hall–Kier alpha value is -4.38. The highest BCUT2D eigenvalue weighted by Gasteiger charge is 2.14. The molecular weight excluding hydrogens is 501 g/mol. The molecule has 178 valence electrons. The molecule has 0 unspecified atom stereocenters. The molecule has 0 aliphatic carbocycles. The Bertz CT molecular complexity index is 2000. The number of hydrogen-bond donors (Lipinski definition) is 0. The van der Waals surface area contributed by atoms with Crippen molar-refractivity contribution in [1.29, 1.82) is 0 Å². The van der Waals surface area contributed by atoms with Gasteiger partial charge in [0.2, 0.25) is 0 Å². The van der Waals surface area contributed by atoms with E-state index in [9.17, 15) is 0 Å². The number of rotatable bonds is 3. The quantitative estimate of drug-likeness (QED) is 0.232. The van der Waals surface area contributed by atoms with E-state index >= 15 is 0 Å². The smallest absolute Gasteiger partial charge is 0.116 e. The fourth-order valence-corrected chi connectivity index (χ4v) is 7.82. The summed E-state index contributed by atoms with van der Waals surface area (Å²) in [7, 11) is 0. The minimum absolute atomic E-state index is 0.990. The molecule has 0 saturated carbocycles. The minimum atomic E-state index is 0.990. The van der Waals surface area contributed by atoms with Crippen LogP contribution in [0.4, 0.5) is 0 Å². The van der Waals surface area contributed by atoms with Gasteiger partial charge in [0.25, 0.3) is 0 Å². The summed E-state index contributed by atoms with van der Waals surface area (Å²) in [6.45, 7) is 0. The lowest BCUT2D eigenvalue weighted by Crippen LogP contribution is -1.87. The van der Waals surface area contributed by atoms with Gasteiger partial charge in [-0.25, -0.2) is 9.97 Å². The van der Waals surface area contributed by atoms with Crippen molar-refractivity contribution in [1.82, 2.24) is 9.97 Å². The summed E-state index contributed by atoms with van der Waals surface area (Å²) in [6.07, 6.45) is 1.69. The standard InChI is InChI=1S/C34H20N2S2/c1-3-16-29-26(12-1)27-15-7-14-25(33(27)37-29)23-10-5-8-21(18-23)22-9-6-11-24(19-22)31-34-32(36-20-35-31)28-13-2-4-17-30(28)38-34/h1-20H. The molecule has 0 spiro atoms. The Morgan fingerprint density at radius 2 is 1.05 bits per heavy atom. The van der Waals surface area contributed by atoms with Crippen molar-refractivity contribution < 1.29 is 0 Å². The lowest BCUT2D eigenvalue weighted by atomic mass is 9.96. The monoisotopic (exact) mass is 520 g/mol. The van der Waals surface area contributed by atoms with E-state index in [1.807, 2.05) is 11.3 Å². The molecule has 0 fully saturated rings. The molecule has 38 heavy (non-hydrogen) atoms. The fraction of sp³-hybridized carbons (Fsp3) is 0. The van der Waals surface area contributed by atoms with Crippen LogP contribution < -0.4 is 0 Å². The second-order valence-electron chi connectivity index (χ2n) is 9.44. The summed E-state index contributed by atoms with van der Waals surface area (Å²) < 4.78 is 5.04. The van der Waals surface area contributed by atoms with Gasteiger partial charge in [0.1, 0.15) is 6.33 Å². The number of benzene rings is 5. The molecule has 0 bridgehead atoms. The maximum absolute atomic E-state index is 4.73. The van der Waals surface area contributed by atoms with Crippen LogP contribution in [-0.2, 0) is 0 Å². The molecule has 8 aromatic rings. The van der Waals surface area contributed by atoms with E-state index in [0.29, 0.717) is 0 Å². The highest BCUT2D eigenvalue weighted by molar-refractivity contribution is 7.26. The van der Waals surface area contributed by atoms with Crippen molar-refractivity contribution in [3.63, 3.8) is 0 Å². The summed E-state index contributed by atoms with van der Waals surface area (Å²) in [6, 6.07) is 41.4. The van der Waals surface area contributed by atoms with Crippen LogP contribution in [0.1, 0.15) is 0 Å². The number of nitrogens with zero attached hydrogens (tertiary/aromatic N) is 2. The van der Waals surface area contributed by atoms with Crippen LogP contribution in [0.25, 0.3) is 74.0 Å². The van der Waals surface area contributed by atoms with E-state index < -0.39 is 0 Å². The van der Waals surface area contributed by atoms with Gasteiger partial charge in [-0.3, -0.25) is 0 Å². The number of fused-ring (bicyclic) bond motifs is 6. The van der Waals surface area contributed by atoms with Gasteiger partial charge in [-0.2, -0.15) is 0 Å². The van der Waals surface area contributed by atoms with E-state index in [1.54, 1.807) is 17.7 Å². The van der Waals surface area contributed by atoms with Crippen LogP contribution in [0.5, 0.6) is 0 Å².